The van der Waals surface area contributed by atoms with E-state index in [9.17, 15) is 18.8 Å². The van der Waals surface area contributed by atoms with E-state index in [0.29, 0.717) is 44.7 Å². The molecule has 0 spiro atoms. The van der Waals surface area contributed by atoms with Gasteiger partial charge in [0.05, 0.1) is 9.57 Å². The fraction of sp³-hybridized carbons (Fsp3) is 0.472. The second-order valence-corrected chi connectivity index (χ2v) is 15.4. The predicted molar refractivity (Wildman–Crippen MR) is 202 cm³/mol. The van der Waals surface area contributed by atoms with Crippen LogP contribution >= 0.6 is 38.5 Å². The van der Waals surface area contributed by atoms with E-state index in [1.165, 1.54) is 11.6 Å². The summed E-state index contributed by atoms with van der Waals surface area (Å²) >= 11 is 5.73. The van der Waals surface area contributed by atoms with Crippen molar-refractivity contribution in [3.63, 3.8) is 0 Å². The number of ketones is 1. The number of aryl methyl sites for hydroxylation is 2. The van der Waals surface area contributed by atoms with Crippen LogP contribution in [0.1, 0.15) is 72.9 Å². The fourth-order valence-electron chi connectivity index (χ4n) is 7.11. The van der Waals surface area contributed by atoms with Crippen LogP contribution in [0.15, 0.2) is 41.3 Å². The standard InChI is InChI=1S/C36H41BrFIN8O3/c1-21(48)32-28-14-24(27-17-40-22(2)41-18-27)13-25(16-38)33(28)46(44-32)20-31(49)47-29-15-26(34(47)39)19-45(3)12-8-6-4-5-7-9-23-10-11-30(37)42-35(23)43-36(29)50/h10-11,13-14,17-18,26,29,34H,4-9,12,15-16,19-20H2,1-3H3,(H,42,43,50)/t26-,29+,34+/m1/s1. The first-order valence-electron chi connectivity index (χ1n) is 17.0. The maximum atomic E-state index is 14.7. The molecule has 1 fully saturated rings. The van der Waals surface area contributed by atoms with Crippen molar-refractivity contribution in [2.45, 2.75) is 82.1 Å². The van der Waals surface area contributed by atoms with Crippen molar-refractivity contribution < 1.29 is 18.8 Å². The van der Waals surface area contributed by atoms with E-state index < -0.39 is 12.7 Å². The molecule has 2 amide bonds. The van der Waals surface area contributed by atoms with Crippen LogP contribution < -0.4 is 5.32 Å². The number of carbonyl (C=O) groups is 3. The Kier molecular flexibility index (Phi) is 11.6. The van der Waals surface area contributed by atoms with Crippen LogP contribution in [0.5, 0.6) is 0 Å². The van der Waals surface area contributed by atoms with E-state index in [2.05, 4.69) is 75.8 Å². The minimum absolute atomic E-state index is 0.0333. The molecule has 3 aromatic heterocycles. The van der Waals surface area contributed by atoms with Crippen LogP contribution in [0.2, 0.25) is 0 Å². The summed E-state index contributed by atoms with van der Waals surface area (Å²) in [5.41, 5.74) is 3.08. The van der Waals surface area contributed by atoms with Gasteiger partial charge in [-0.3, -0.25) is 19.1 Å². The lowest BCUT2D eigenvalue weighted by Crippen LogP contribution is -2.47. The molecule has 2 aliphatic heterocycles. The number of Topliss-reactive ketones (excluding diaryl/α,β-unsaturated/α-hetero) is 1. The molecule has 1 saturated heterocycles. The number of hydrogen-bond donors (Lipinski definition) is 1. The van der Waals surface area contributed by atoms with E-state index in [-0.39, 0.29) is 45.4 Å². The summed E-state index contributed by atoms with van der Waals surface area (Å²) in [6.45, 7) is 3.75. The SMILES string of the molecule is CC(=O)c1nn(CC(=O)N2[C@H](I)[C@@H]3C[C@H]2C(=O)Nc2nc(Br)ccc2CCCCCCCN(C)C3)c2c(CF)cc(-c3cnc(C)nc3)cc12. The number of halogens is 3. The fourth-order valence-corrected chi connectivity index (χ4v) is 8.64. The number of amides is 2. The molecule has 4 aromatic rings. The highest BCUT2D eigenvalue weighted by atomic mass is 127. The van der Waals surface area contributed by atoms with E-state index in [0.717, 1.165) is 57.2 Å². The number of anilines is 1. The molecule has 0 unspecified atom stereocenters. The van der Waals surface area contributed by atoms with Crippen LogP contribution in [0.25, 0.3) is 22.0 Å². The number of aromatic nitrogens is 5. The maximum Gasteiger partial charge on any atom is 0.248 e. The number of hydrogen-bond acceptors (Lipinski definition) is 8. The first-order valence-corrected chi connectivity index (χ1v) is 19.1. The first kappa shape index (κ1) is 36.4. The van der Waals surface area contributed by atoms with Gasteiger partial charge in [0.25, 0.3) is 0 Å². The first-order chi connectivity index (χ1) is 24.0. The number of alkyl halides is 2. The Hall–Kier alpha value is -3.37. The van der Waals surface area contributed by atoms with Crippen molar-refractivity contribution in [2.75, 3.05) is 25.5 Å². The number of rotatable bonds is 5. The van der Waals surface area contributed by atoms with Gasteiger partial charge in [0.2, 0.25) is 11.8 Å². The number of carbonyl (C=O) groups excluding carboxylic acids is 3. The smallest absolute Gasteiger partial charge is 0.248 e. The van der Waals surface area contributed by atoms with E-state index >= 15 is 0 Å². The zero-order valence-corrected chi connectivity index (χ0v) is 32.2. The summed E-state index contributed by atoms with van der Waals surface area (Å²) in [4.78, 5) is 58.5. The number of likely N-dealkylation sites (tertiary alicyclic amines) is 1. The number of nitrogens with one attached hydrogen (secondary N) is 1. The lowest BCUT2D eigenvalue weighted by Gasteiger charge is -2.29. The third-order valence-electron chi connectivity index (χ3n) is 9.63. The highest BCUT2D eigenvalue weighted by molar-refractivity contribution is 14.1. The van der Waals surface area contributed by atoms with Gasteiger partial charge in [-0.1, -0.05) is 47.9 Å². The molecule has 11 nitrogen and oxygen atoms in total. The quantitative estimate of drug-likeness (QED) is 0.0775. The molecule has 2 aliphatic rings. The van der Waals surface area contributed by atoms with E-state index in [1.807, 2.05) is 12.1 Å². The Bertz CT molecular complexity index is 1900. The highest BCUT2D eigenvalue weighted by Crippen LogP contribution is 2.37. The number of nitrogens with zero attached hydrogens (tertiary/aromatic N) is 7. The average Bonchev–Trinajstić information content (AvgIpc) is 3.61. The van der Waals surface area contributed by atoms with Crippen LogP contribution in [0, 0.1) is 12.8 Å². The normalized spacial score (nSPS) is 20.9. The highest BCUT2D eigenvalue weighted by Gasteiger charge is 2.46. The lowest BCUT2D eigenvalue weighted by atomic mass is 10.0. The molecule has 0 saturated carbocycles. The summed E-state index contributed by atoms with van der Waals surface area (Å²) in [7, 11) is 2.10. The van der Waals surface area contributed by atoms with Gasteiger partial charge in [-0.15, -0.1) is 0 Å². The van der Waals surface area contributed by atoms with Crippen LogP contribution in [0.4, 0.5) is 10.2 Å². The van der Waals surface area contributed by atoms with Crippen LogP contribution in [0.3, 0.4) is 0 Å². The second kappa shape index (κ2) is 15.9. The van der Waals surface area contributed by atoms with Gasteiger partial charge < -0.3 is 15.1 Å². The minimum Gasteiger partial charge on any atom is -0.317 e. The maximum absolute atomic E-state index is 14.7. The van der Waals surface area contributed by atoms with E-state index in [1.54, 1.807) is 36.4 Å². The van der Waals surface area contributed by atoms with Gasteiger partial charge in [0, 0.05) is 48.3 Å². The van der Waals surface area contributed by atoms with Crippen LogP contribution in [-0.4, -0.2) is 82.4 Å². The van der Waals surface area contributed by atoms with Gasteiger partial charge in [0.1, 0.15) is 41.2 Å². The van der Waals surface area contributed by atoms with Gasteiger partial charge in [-0.25, -0.2) is 19.3 Å². The summed E-state index contributed by atoms with van der Waals surface area (Å²) in [6, 6.07) is 6.57. The molecule has 3 atom stereocenters. The van der Waals surface area contributed by atoms with Crippen LogP contribution in [-0.2, 0) is 29.2 Å². The van der Waals surface area contributed by atoms with Crippen molar-refractivity contribution in [3.8, 4) is 11.1 Å². The summed E-state index contributed by atoms with van der Waals surface area (Å²) in [5, 5.41) is 8.08. The molecular formula is C36H41BrFIN8O3. The molecule has 2 bridgehead atoms. The Morgan fingerprint density at radius 3 is 2.56 bits per heavy atom. The van der Waals surface area contributed by atoms with Gasteiger partial charge >= 0.3 is 0 Å². The Labute approximate surface area is 313 Å². The molecule has 1 aromatic carbocycles. The summed E-state index contributed by atoms with van der Waals surface area (Å²) < 4.78 is 16.5. The number of pyridine rings is 1. The lowest BCUT2D eigenvalue weighted by molar-refractivity contribution is -0.137. The molecule has 264 valence electrons. The summed E-state index contributed by atoms with van der Waals surface area (Å²) in [6.07, 6.45) is 10.1. The third kappa shape index (κ3) is 7.91. The van der Waals surface area contributed by atoms with Crippen molar-refractivity contribution in [1.29, 1.82) is 0 Å². The minimum atomic E-state index is -0.839. The molecule has 5 heterocycles. The van der Waals surface area contributed by atoms with Gasteiger partial charge in [-0.05, 0) is 91.5 Å². The average molecular weight is 860 g/mol. The van der Waals surface area contributed by atoms with Crippen molar-refractivity contribution >= 4 is 72.8 Å². The molecule has 6 rings (SSSR count). The summed E-state index contributed by atoms with van der Waals surface area (Å²) in [5.74, 6) is 0.194. The Morgan fingerprint density at radius 1 is 1.08 bits per heavy atom. The number of benzene rings is 1. The van der Waals surface area contributed by atoms with E-state index in [4.69, 9.17) is 0 Å². The molecule has 0 radical (unpaired) electrons. The van der Waals surface area contributed by atoms with Gasteiger partial charge in [0.15, 0.2) is 5.78 Å². The molecule has 14 heteroatoms. The van der Waals surface area contributed by atoms with Crippen molar-refractivity contribution in [3.05, 3.63) is 63.9 Å². The van der Waals surface area contributed by atoms with Gasteiger partial charge in [-0.2, -0.15) is 5.10 Å². The third-order valence-corrected chi connectivity index (χ3v) is 11.7. The molecule has 50 heavy (non-hydrogen) atoms. The zero-order valence-electron chi connectivity index (χ0n) is 28.5. The predicted octanol–water partition coefficient (Wildman–Crippen LogP) is 6.69. The Balaban J connectivity index is 1.36. The van der Waals surface area contributed by atoms with Crippen molar-refractivity contribution in [1.82, 2.24) is 34.5 Å². The molecule has 1 N–H and O–H groups in total. The topological polar surface area (TPSA) is 126 Å². The molecule has 0 aliphatic carbocycles. The largest absolute Gasteiger partial charge is 0.317 e. The van der Waals surface area contributed by atoms with Crippen molar-refractivity contribution in [2.24, 2.45) is 5.92 Å². The molecular weight excluding hydrogens is 818 g/mol. The Morgan fingerprint density at radius 2 is 1.82 bits per heavy atom. The second-order valence-electron chi connectivity index (χ2n) is 13.3. The monoisotopic (exact) mass is 858 g/mol. The zero-order chi connectivity index (χ0) is 35.5. The number of fused-ring (bicyclic) bond motifs is 4.